The molecule has 0 aromatic carbocycles. The summed E-state index contributed by atoms with van der Waals surface area (Å²) in [6.07, 6.45) is 9.71. The fourth-order valence-electron chi connectivity index (χ4n) is 4.43. The van der Waals surface area contributed by atoms with Crippen molar-refractivity contribution in [3.8, 4) is 0 Å². The zero-order valence-corrected chi connectivity index (χ0v) is 13.1. The van der Waals surface area contributed by atoms with Crippen LogP contribution in [0.4, 0.5) is 0 Å². The molecule has 0 unspecified atom stereocenters. The third-order valence-electron chi connectivity index (χ3n) is 5.52. The Morgan fingerprint density at radius 2 is 2.27 bits per heavy atom. The minimum atomic E-state index is 0.184. The van der Waals surface area contributed by atoms with Gasteiger partial charge in [0.05, 0.1) is 5.56 Å². The van der Waals surface area contributed by atoms with Gasteiger partial charge in [-0.15, -0.1) is 0 Å². The van der Waals surface area contributed by atoms with Crippen LogP contribution in [-0.4, -0.2) is 33.4 Å². The second-order valence-corrected chi connectivity index (χ2v) is 6.99. The van der Waals surface area contributed by atoms with E-state index in [4.69, 9.17) is 0 Å². The molecule has 4 rings (SSSR count). The van der Waals surface area contributed by atoms with Gasteiger partial charge in [-0.05, 0) is 56.1 Å². The Kier molecular flexibility index (Phi) is 3.40. The molecular weight excluding hydrogens is 274 g/mol. The highest BCUT2D eigenvalue weighted by Crippen LogP contribution is 2.38. The van der Waals surface area contributed by atoms with Crippen molar-refractivity contribution < 1.29 is 4.79 Å². The first-order chi connectivity index (χ1) is 10.7. The lowest BCUT2D eigenvalue weighted by Gasteiger charge is -2.45. The Hall–Kier alpha value is -1.84. The third-order valence-corrected chi connectivity index (χ3v) is 5.52. The molecule has 0 bridgehead atoms. The molecule has 4 nitrogen and oxygen atoms in total. The summed E-state index contributed by atoms with van der Waals surface area (Å²) in [4.78, 5) is 22.7. The van der Waals surface area contributed by atoms with E-state index in [9.17, 15) is 4.79 Å². The van der Waals surface area contributed by atoms with Crippen molar-refractivity contribution in [1.29, 1.82) is 0 Å². The number of rotatable bonds is 1. The van der Waals surface area contributed by atoms with Crippen LogP contribution in [0, 0.1) is 11.8 Å². The molecule has 1 N–H and O–H groups in total. The molecule has 2 aliphatic rings. The maximum absolute atomic E-state index is 13.1. The fourth-order valence-corrected chi connectivity index (χ4v) is 4.43. The van der Waals surface area contributed by atoms with Crippen LogP contribution >= 0.6 is 0 Å². The maximum Gasteiger partial charge on any atom is 0.256 e. The minimum absolute atomic E-state index is 0.184. The van der Waals surface area contributed by atoms with Crippen LogP contribution in [0.5, 0.6) is 0 Å². The molecule has 4 heteroatoms. The number of hydrogen-bond acceptors (Lipinski definition) is 2. The molecule has 3 atom stereocenters. The number of carbonyl (C=O) groups excluding carboxylic acids is 1. The summed E-state index contributed by atoms with van der Waals surface area (Å²) in [6.45, 7) is 3.25. The van der Waals surface area contributed by atoms with Crippen LogP contribution in [0.25, 0.3) is 11.0 Å². The van der Waals surface area contributed by atoms with E-state index in [1.54, 1.807) is 6.20 Å². The second-order valence-electron chi connectivity index (χ2n) is 6.99. The maximum atomic E-state index is 13.1. The molecule has 2 fully saturated rings. The Morgan fingerprint density at radius 3 is 3.18 bits per heavy atom. The Bertz CT molecular complexity index is 692. The van der Waals surface area contributed by atoms with Gasteiger partial charge in [0.15, 0.2) is 0 Å². The smallest absolute Gasteiger partial charge is 0.256 e. The molecule has 0 spiro atoms. The first-order valence-electron chi connectivity index (χ1n) is 8.47. The number of aromatic nitrogens is 2. The molecule has 2 aromatic heterocycles. The average Bonchev–Trinajstić information content (AvgIpc) is 2.97. The van der Waals surface area contributed by atoms with E-state index < -0.39 is 0 Å². The summed E-state index contributed by atoms with van der Waals surface area (Å²) in [5.41, 5.74) is 1.58. The van der Waals surface area contributed by atoms with Crippen LogP contribution in [0.1, 0.15) is 49.4 Å². The lowest BCUT2D eigenvalue weighted by Crippen LogP contribution is -2.50. The zero-order valence-electron chi connectivity index (χ0n) is 13.1. The van der Waals surface area contributed by atoms with Crippen molar-refractivity contribution >= 4 is 16.9 Å². The highest BCUT2D eigenvalue weighted by molar-refractivity contribution is 6.06. The van der Waals surface area contributed by atoms with E-state index in [0.29, 0.717) is 12.0 Å². The van der Waals surface area contributed by atoms with Crippen LogP contribution in [-0.2, 0) is 0 Å². The molecular formula is C18H23N3O. The van der Waals surface area contributed by atoms with Gasteiger partial charge in [0.25, 0.3) is 5.91 Å². The lowest BCUT2D eigenvalue weighted by atomic mass is 9.74. The molecule has 3 heterocycles. The van der Waals surface area contributed by atoms with Gasteiger partial charge in [-0.2, -0.15) is 0 Å². The van der Waals surface area contributed by atoms with Crippen molar-refractivity contribution in [2.24, 2.45) is 11.8 Å². The Morgan fingerprint density at radius 1 is 1.36 bits per heavy atom. The van der Waals surface area contributed by atoms with E-state index in [2.05, 4.69) is 21.8 Å². The molecule has 0 radical (unpaired) electrons. The van der Waals surface area contributed by atoms with E-state index in [0.717, 1.165) is 41.9 Å². The van der Waals surface area contributed by atoms with Gasteiger partial charge in [0.2, 0.25) is 0 Å². The summed E-state index contributed by atoms with van der Waals surface area (Å²) in [5, 5.41) is 0.943. The van der Waals surface area contributed by atoms with Gasteiger partial charge in [-0.3, -0.25) is 4.79 Å². The van der Waals surface area contributed by atoms with Gasteiger partial charge in [-0.25, -0.2) is 4.98 Å². The first-order valence-corrected chi connectivity index (χ1v) is 8.47. The number of H-pyrrole nitrogens is 1. The molecule has 1 saturated heterocycles. The predicted octanol–water partition coefficient (Wildman–Crippen LogP) is 3.60. The van der Waals surface area contributed by atoms with E-state index in [1.807, 2.05) is 18.3 Å². The largest absolute Gasteiger partial charge is 0.345 e. The number of likely N-dealkylation sites (tertiary alicyclic amines) is 1. The number of amides is 1. The topological polar surface area (TPSA) is 49.0 Å². The fraction of sp³-hybridized carbons (Fsp3) is 0.556. The van der Waals surface area contributed by atoms with E-state index in [-0.39, 0.29) is 5.91 Å². The number of pyridine rings is 1. The highest BCUT2D eigenvalue weighted by Gasteiger charge is 2.38. The number of nitrogens with zero attached hydrogens (tertiary/aromatic N) is 2. The quantitative estimate of drug-likeness (QED) is 0.874. The molecule has 1 saturated carbocycles. The van der Waals surface area contributed by atoms with Crippen LogP contribution < -0.4 is 0 Å². The number of aromatic amines is 1. The van der Waals surface area contributed by atoms with Crippen molar-refractivity contribution in [3.05, 3.63) is 30.1 Å². The van der Waals surface area contributed by atoms with E-state index in [1.165, 1.54) is 19.3 Å². The average molecular weight is 297 g/mol. The predicted molar refractivity (Wildman–Crippen MR) is 86.7 cm³/mol. The third kappa shape index (κ3) is 2.21. The molecule has 22 heavy (non-hydrogen) atoms. The second kappa shape index (κ2) is 5.41. The van der Waals surface area contributed by atoms with Gasteiger partial charge < -0.3 is 9.88 Å². The zero-order chi connectivity index (χ0) is 15.1. The van der Waals surface area contributed by atoms with Crippen LogP contribution in [0.15, 0.2) is 24.5 Å². The summed E-state index contributed by atoms with van der Waals surface area (Å²) >= 11 is 0. The standard InChI is InChI=1S/C18H23N3O/c1-12-6-7-16-13(10-12)4-3-9-21(16)18(22)15-11-20-17-14(15)5-2-8-19-17/h2,5,8,11-13,16H,3-4,6-7,9-10H2,1H3,(H,19,20)/t12-,13+,16+/m1/s1. The van der Waals surface area contributed by atoms with Crippen molar-refractivity contribution in [2.75, 3.05) is 6.54 Å². The summed E-state index contributed by atoms with van der Waals surface area (Å²) in [5.74, 6) is 1.70. The number of hydrogen-bond donors (Lipinski definition) is 1. The number of fused-ring (bicyclic) bond motifs is 2. The number of nitrogens with one attached hydrogen (secondary N) is 1. The molecule has 1 amide bonds. The Balaban J connectivity index is 1.64. The normalized spacial score (nSPS) is 28.6. The SMILES string of the molecule is C[C@@H]1CC[C@H]2[C@@H](CCCN2C(=O)c2c[nH]c3ncccc23)C1. The molecule has 2 aromatic rings. The van der Waals surface area contributed by atoms with Crippen LogP contribution in [0.3, 0.4) is 0 Å². The lowest BCUT2D eigenvalue weighted by molar-refractivity contribution is 0.0323. The van der Waals surface area contributed by atoms with Gasteiger partial charge in [0, 0.05) is 30.4 Å². The van der Waals surface area contributed by atoms with Crippen molar-refractivity contribution in [3.63, 3.8) is 0 Å². The number of carbonyl (C=O) groups is 1. The Labute approximate surface area is 130 Å². The summed E-state index contributed by atoms with van der Waals surface area (Å²) < 4.78 is 0. The van der Waals surface area contributed by atoms with Crippen molar-refractivity contribution in [2.45, 2.75) is 45.1 Å². The minimum Gasteiger partial charge on any atom is -0.345 e. The first kappa shape index (κ1) is 13.8. The monoisotopic (exact) mass is 297 g/mol. The van der Waals surface area contributed by atoms with Gasteiger partial charge in [0.1, 0.15) is 5.65 Å². The van der Waals surface area contributed by atoms with Gasteiger partial charge in [-0.1, -0.05) is 6.92 Å². The summed E-state index contributed by atoms with van der Waals surface area (Å²) in [6, 6.07) is 4.32. The number of piperidine rings is 1. The molecule has 1 aliphatic heterocycles. The summed E-state index contributed by atoms with van der Waals surface area (Å²) in [7, 11) is 0. The van der Waals surface area contributed by atoms with Crippen LogP contribution in [0.2, 0.25) is 0 Å². The molecule has 116 valence electrons. The highest BCUT2D eigenvalue weighted by atomic mass is 16.2. The van der Waals surface area contributed by atoms with Crippen molar-refractivity contribution in [1.82, 2.24) is 14.9 Å². The van der Waals surface area contributed by atoms with E-state index >= 15 is 0 Å². The molecule has 1 aliphatic carbocycles. The van der Waals surface area contributed by atoms with Gasteiger partial charge >= 0.3 is 0 Å².